The van der Waals surface area contributed by atoms with Crippen LogP contribution in [0, 0.1) is 27.7 Å². The van der Waals surface area contributed by atoms with Gasteiger partial charge in [-0.05, 0) is 0 Å². The van der Waals surface area contributed by atoms with E-state index in [0.29, 0.717) is 0 Å². The molecular weight excluding hydrogens is 1240 g/mol. The van der Waals surface area contributed by atoms with Crippen LogP contribution in [-0.2, 0) is 0 Å². The molecule has 0 N–H and O–H groups in total. The SMILES string of the molecule is Cc1cc[n+]([SiH2-2]([n+]2ccc(C)cc2)([n+]2ccc(C)cc2)[n+]2ccc(C)cc2)cc1.ClC(Cl)Cl.ClC(Cl)Cl.ClC(Cl)Cl.ClC(Cl)Cl.ClC(Cl)Cl.ClC(Cl)Cl.[Br-].[Br-]. The van der Waals surface area contributed by atoms with Crippen LogP contribution < -0.4 is 50.9 Å². The van der Waals surface area contributed by atoms with E-state index < -0.39 is 34.5 Å². The summed E-state index contributed by atoms with van der Waals surface area (Å²) in [6.45, 7) is 8.54. The summed E-state index contributed by atoms with van der Waals surface area (Å²) in [6.07, 6.45) is 17.8. The summed E-state index contributed by atoms with van der Waals surface area (Å²) in [5.41, 5.74) is 5.04. The Hall–Kier alpha value is 3.00. The van der Waals surface area contributed by atoms with Gasteiger partial charge in [0, 0.05) is 0 Å². The molecule has 0 atom stereocenters. The van der Waals surface area contributed by atoms with Crippen molar-refractivity contribution in [2.24, 2.45) is 0 Å². The number of aromatic nitrogens is 4. The van der Waals surface area contributed by atoms with Gasteiger partial charge in [0.15, 0.2) is 25.8 Å². The van der Waals surface area contributed by atoms with Gasteiger partial charge in [-0.25, -0.2) is 0 Å². The van der Waals surface area contributed by atoms with Gasteiger partial charge in [-0.1, -0.05) is 209 Å². The van der Waals surface area contributed by atoms with E-state index in [2.05, 4.69) is 143 Å². The molecule has 0 aliphatic heterocycles. The zero-order valence-corrected chi connectivity index (χ0v) is 46.9. The van der Waals surface area contributed by atoms with Crippen molar-refractivity contribution in [1.29, 1.82) is 0 Å². The van der Waals surface area contributed by atoms with Gasteiger partial charge >= 0.3 is 174 Å². The minimum atomic E-state index is -3.54. The number of hydrogen-bond donors (Lipinski definition) is 0. The van der Waals surface area contributed by atoms with Gasteiger partial charge in [-0.15, -0.1) is 0 Å². The second-order valence-corrected chi connectivity index (χ2v) is 26.4. The third kappa shape index (κ3) is 38.4. The van der Waals surface area contributed by atoms with Crippen LogP contribution in [0.15, 0.2) is 98.1 Å². The molecule has 4 rings (SSSR count). The van der Waals surface area contributed by atoms with Crippen LogP contribution in [0.2, 0.25) is 0 Å². The van der Waals surface area contributed by atoms with Gasteiger partial charge in [0.2, 0.25) is 0 Å². The minimum absolute atomic E-state index is 0. The molecule has 4 nitrogen and oxygen atoms in total. The van der Waals surface area contributed by atoms with Crippen LogP contribution in [0.3, 0.4) is 0 Å². The van der Waals surface area contributed by atoms with Crippen LogP contribution in [-0.4, -0.2) is 34.5 Å². The molecule has 0 spiro atoms. The third-order valence-corrected chi connectivity index (χ3v) is 11.8. The van der Waals surface area contributed by atoms with E-state index in [-0.39, 0.29) is 34.0 Å². The molecular formula is C30H36Br2Cl18N4Si. The molecule has 0 bridgehead atoms. The van der Waals surface area contributed by atoms with Crippen molar-refractivity contribution in [3.8, 4) is 0 Å². The maximum atomic E-state index is 4.81. The van der Waals surface area contributed by atoms with Crippen molar-refractivity contribution in [3.63, 3.8) is 0 Å². The Bertz CT molecular complexity index is 1200. The monoisotopic (exact) mass is 1270 g/mol. The first-order chi connectivity index (χ1) is 24.4. The van der Waals surface area contributed by atoms with Crippen LogP contribution >= 0.6 is 209 Å². The molecule has 0 aliphatic rings. The van der Waals surface area contributed by atoms with Crippen LogP contribution in [0.25, 0.3) is 0 Å². The molecule has 0 aliphatic carbocycles. The van der Waals surface area contributed by atoms with E-state index >= 15 is 0 Å². The fourth-order valence-electron chi connectivity index (χ4n) is 4.39. The van der Waals surface area contributed by atoms with Crippen molar-refractivity contribution >= 4 is 218 Å². The summed E-state index contributed by atoms with van der Waals surface area (Å²) < 4.78 is 5.22. The summed E-state index contributed by atoms with van der Waals surface area (Å²) in [6, 6.07) is 17.6. The molecule has 4 heterocycles. The molecule has 0 aromatic carbocycles. The van der Waals surface area contributed by atoms with E-state index in [1.54, 1.807) is 0 Å². The van der Waals surface area contributed by atoms with Crippen LogP contribution in [0.4, 0.5) is 0 Å². The Morgan fingerprint density at radius 3 is 0.473 bits per heavy atom. The second kappa shape index (κ2) is 39.8. The topological polar surface area (TPSA) is 15.5 Å². The van der Waals surface area contributed by atoms with Gasteiger partial charge in [0.1, 0.15) is 0 Å². The molecule has 0 unspecified atom stereocenters. The van der Waals surface area contributed by atoms with Crippen molar-refractivity contribution in [3.05, 3.63) is 120 Å². The summed E-state index contributed by atoms with van der Waals surface area (Å²) in [5.74, 6) is 0. The van der Waals surface area contributed by atoms with Gasteiger partial charge in [-0.2, -0.15) is 0 Å². The number of nitrogens with zero attached hydrogens (tertiary/aromatic N) is 4. The Kier molecular flexibility index (Phi) is 48.6. The summed E-state index contributed by atoms with van der Waals surface area (Å²) in [7, 11) is -3.54. The predicted octanol–water partition coefficient (Wildman–Crippen LogP) is 7.39. The Morgan fingerprint density at radius 1 is 0.291 bits per heavy atom. The molecule has 55 heavy (non-hydrogen) atoms. The predicted molar refractivity (Wildman–Crippen MR) is 244 cm³/mol. The summed E-state index contributed by atoms with van der Waals surface area (Å²) in [5, 5.41) is 0. The van der Waals surface area contributed by atoms with Gasteiger partial charge in [-0.3, -0.25) is 0 Å². The molecule has 0 amide bonds. The van der Waals surface area contributed by atoms with Gasteiger partial charge in [0.25, 0.3) is 0 Å². The van der Waals surface area contributed by atoms with Gasteiger partial charge in [0.05, 0.1) is 0 Å². The standard InChI is InChI=1S/C24H30N4Si.6CHCl3.2BrH/c1-21-5-13-25(14-6-21)29(26-15-7-22(2)8-16-26,27-17-9-23(3)10-18-27)28-19-11-24(4)12-20-28;6*2-1(3)4;;/h5-20H,29H2,1-4H3;6*1H;2*1H/q+2;;;;;;;;/p-2. The van der Waals surface area contributed by atoms with E-state index in [1.165, 1.54) is 22.3 Å². The van der Waals surface area contributed by atoms with Gasteiger partial charge < -0.3 is 34.0 Å². The largest absolute Gasteiger partial charge is 1.00 e. The maximum absolute atomic E-state index is 4.81. The molecule has 4 aromatic rings. The number of hydrogen-bond acceptors (Lipinski definition) is 0. The molecule has 320 valence electrons. The average Bonchev–Trinajstić information content (AvgIpc) is 2.99. The number of aryl methyl sites for hydroxylation is 4. The average molecular weight is 1280 g/mol. The Morgan fingerprint density at radius 2 is 0.382 bits per heavy atom. The van der Waals surface area contributed by atoms with Crippen LogP contribution in [0.5, 0.6) is 0 Å². The quantitative estimate of drug-likeness (QED) is 0.150. The summed E-state index contributed by atoms with van der Waals surface area (Å²) >= 11 is 86.5. The second-order valence-electron chi connectivity index (χ2n) is 9.89. The summed E-state index contributed by atoms with van der Waals surface area (Å²) in [4.78, 5) is 0. The molecule has 0 fully saturated rings. The zero-order chi connectivity index (χ0) is 41.9. The van der Waals surface area contributed by atoms with Crippen LogP contribution in [0.1, 0.15) is 22.3 Å². The first kappa shape index (κ1) is 67.1. The first-order valence-corrected chi connectivity index (χ1v) is 24.6. The molecule has 4 aromatic heterocycles. The van der Waals surface area contributed by atoms with E-state index in [4.69, 9.17) is 209 Å². The zero-order valence-electron chi connectivity index (χ0n) is 28.8. The van der Waals surface area contributed by atoms with E-state index in [0.717, 1.165) is 0 Å². The number of alkyl halides is 18. The smallest absolute Gasteiger partial charge is 0.180 e. The normalized spacial score (nSPS) is 10.3. The number of pyridine rings is 4. The number of rotatable bonds is 4. The third-order valence-electron chi connectivity index (χ3n) is 6.19. The van der Waals surface area contributed by atoms with E-state index in [9.17, 15) is 0 Å². The van der Waals surface area contributed by atoms with Crippen molar-refractivity contribution in [1.82, 2.24) is 0 Å². The van der Waals surface area contributed by atoms with Crippen molar-refractivity contribution < 1.29 is 50.9 Å². The molecule has 0 saturated heterocycles. The Labute approximate surface area is 436 Å². The van der Waals surface area contributed by atoms with Crippen molar-refractivity contribution in [2.45, 2.75) is 53.5 Å². The minimum Gasteiger partial charge on any atom is -1.00 e. The fourth-order valence-corrected chi connectivity index (χ4v) is 9.76. The molecule has 25 heteroatoms. The molecule has 0 radical (unpaired) electrons. The number of halogens is 20. The molecule has 0 saturated carbocycles. The van der Waals surface area contributed by atoms with E-state index in [1.807, 2.05) is 0 Å². The Balaban J connectivity index is -0.000000264. The maximum Gasteiger partial charge on any atom is 0.180 e. The van der Waals surface area contributed by atoms with Crippen molar-refractivity contribution in [2.75, 3.05) is 0 Å². The first-order valence-electron chi connectivity index (χ1n) is 14.2. The fraction of sp³-hybridized carbons (Fsp3) is 0.333.